The van der Waals surface area contributed by atoms with Crippen LogP contribution < -0.4 is 0 Å². The lowest BCUT2D eigenvalue weighted by molar-refractivity contribution is -0.118. The summed E-state index contributed by atoms with van der Waals surface area (Å²) in [6.45, 7) is 8.49. The van der Waals surface area contributed by atoms with Gasteiger partial charge in [-0.25, -0.2) is 0 Å². The molecule has 0 amide bonds. The first-order chi connectivity index (χ1) is 6.09. The standard InChI is InChI=1S/C10H19NO2/c1-8-7-13-10(3)6-11(8)5-4-9(2)12/h8,10H,4-7H2,1-3H3. The molecule has 0 radical (unpaired) electrons. The van der Waals surface area contributed by atoms with Crippen LogP contribution in [0.3, 0.4) is 0 Å². The van der Waals surface area contributed by atoms with Crippen molar-refractivity contribution >= 4 is 5.78 Å². The molecule has 0 aromatic rings. The zero-order valence-corrected chi connectivity index (χ0v) is 8.75. The van der Waals surface area contributed by atoms with E-state index in [4.69, 9.17) is 4.74 Å². The minimum Gasteiger partial charge on any atom is -0.376 e. The van der Waals surface area contributed by atoms with Gasteiger partial charge in [-0.3, -0.25) is 9.69 Å². The zero-order valence-electron chi connectivity index (χ0n) is 8.75. The Morgan fingerprint density at radius 1 is 1.54 bits per heavy atom. The molecular formula is C10H19NO2. The van der Waals surface area contributed by atoms with E-state index in [1.165, 1.54) is 0 Å². The molecule has 1 aliphatic rings. The summed E-state index contributed by atoms with van der Waals surface area (Å²) in [6.07, 6.45) is 0.972. The van der Waals surface area contributed by atoms with Gasteiger partial charge in [0, 0.05) is 25.6 Å². The van der Waals surface area contributed by atoms with Gasteiger partial charge < -0.3 is 4.74 Å². The lowest BCUT2D eigenvalue weighted by atomic mass is 10.2. The largest absolute Gasteiger partial charge is 0.376 e. The molecular weight excluding hydrogens is 166 g/mol. The van der Waals surface area contributed by atoms with Crippen molar-refractivity contribution < 1.29 is 9.53 Å². The van der Waals surface area contributed by atoms with E-state index in [2.05, 4.69) is 18.7 Å². The maximum absolute atomic E-state index is 10.8. The molecule has 13 heavy (non-hydrogen) atoms. The SMILES string of the molecule is CC(=O)CCN1CC(C)OCC1C. The number of hydrogen-bond donors (Lipinski definition) is 0. The Morgan fingerprint density at radius 3 is 2.85 bits per heavy atom. The van der Waals surface area contributed by atoms with Gasteiger partial charge in [-0.1, -0.05) is 0 Å². The Bertz CT molecular complexity index is 182. The van der Waals surface area contributed by atoms with Crippen molar-refractivity contribution in [1.29, 1.82) is 0 Å². The summed E-state index contributed by atoms with van der Waals surface area (Å²) in [6, 6.07) is 0.454. The van der Waals surface area contributed by atoms with Crippen LogP contribution in [-0.4, -0.2) is 42.5 Å². The van der Waals surface area contributed by atoms with Crippen molar-refractivity contribution in [3.63, 3.8) is 0 Å². The van der Waals surface area contributed by atoms with Crippen LogP contribution in [0.25, 0.3) is 0 Å². The normalized spacial score (nSPS) is 30.4. The van der Waals surface area contributed by atoms with Crippen molar-refractivity contribution in [3.8, 4) is 0 Å². The quantitative estimate of drug-likeness (QED) is 0.659. The molecule has 2 atom stereocenters. The van der Waals surface area contributed by atoms with Crippen LogP contribution in [0.2, 0.25) is 0 Å². The fraction of sp³-hybridized carbons (Fsp3) is 0.900. The lowest BCUT2D eigenvalue weighted by Gasteiger charge is -2.36. The van der Waals surface area contributed by atoms with E-state index < -0.39 is 0 Å². The Balaban J connectivity index is 2.33. The van der Waals surface area contributed by atoms with Gasteiger partial charge in [-0.15, -0.1) is 0 Å². The van der Waals surface area contributed by atoms with E-state index in [-0.39, 0.29) is 5.78 Å². The van der Waals surface area contributed by atoms with Crippen LogP contribution in [0.4, 0.5) is 0 Å². The second-order valence-corrected chi connectivity index (χ2v) is 3.94. The number of Topliss-reactive ketones (excluding diaryl/α,β-unsaturated/α-hetero) is 1. The smallest absolute Gasteiger partial charge is 0.131 e. The number of carbonyl (C=O) groups excluding carboxylic acids is 1. The Hall–Kier alpha value is -0.410. The maximum Gasteiger partial charge on any atom is 0.131 e. The van der Waals surface area contributed by atoms with E-state index in [1.807, 2.05) is 0 Å². The molecule has 76 valence electrons. The van der Waals surface area contributed by atoms with Gasteiger partial charge in [0.1, 0.15) is 5.78 Å². The molecule has 0 N–H and O–H groups in total. The number of ketones is 1. The summed E-state index contributed by atoms with van der Waals surface area (Å²) in [5.74, 6) is 0.270. The molecule has 2 unspecified atom stereocenters. The van der Waals surface area contributed by atoms with Crippen molar-refractivity contribution in [2.75, 3.05) is 19.7 Å². The first-order valence-corrected chi connectivity index (χ1v) is 4.94. The molecule has 0 aromatic heterocycles. The van der Waals surface area contributed by atoms with Crippen LogP contribution >= 0.6 is 0 Å². The average molecular weight is 185 g/mol. The summed E-state index contributed by atoms with van der Waals surface area (Å²) < 4.78 is 5.50. The van der Waals surface area contributed by atoms with Crippen molar-refractivity contribution in [3.05, 3.63) is 0 Å². The molecule has 3 heteroatoms. The number of morpholine rings is 1. The highest BCUT2D eigenvalue weighted by molar-refractivity contribution is 5.75. The van der Waals surface area contributed by atoms with Gasteiger partial charge in [-0.2, -0.15) is 0 Å². The Labute approximate surface area is 80.1 Å². The minimum atomic E-state index is 0.270. The molecule has 1 rings (SSSR count). The minimum absolute atomic E-state index is 0.270. The summed E-state index contributed by atoms with van der Waals surface area (Å²) in [5.41, 5.74) is 0. The third-order valence-electron chi connectivity index (χ3n) is 2.49. The fourth-order valence-electron chi connectivity index (χ4n) is 1.58. The van der Waals surface area contributed by atoms with E-state index in [0.29, 0.717) is 18.6 Å². The number of ether oxygens (including phenoxy) is 1. The molecule has 1 saturated heterocycles. The number of hydrogen-bond acceptors (Lipinski definition) is 3. The van der Waals surface area contributed by atoms with Crippen LogP contribution in [0.5, 0.6) is 0 Å². The summed E-state index contributed by atoms with van der Waals surface area (Å²) >= 11 is 0. The molecule has 0 spiro atoms. The van der Waals surface area contributed by atoms with E-state index in [1.54, 1.807) is 6.92 Å². The first-order valence-electron chi connectivity index (χ1n) is 4.94. The molecule has 1 aliphatic heterocycles. The number of nitrogens with zero attached hydrogens (tertiary/aromatic N) is 1. The average Bonchev–Trinajstić information content (AvgIpc) is 2.06. The summed E-state index contributed by atoms with van der Waals surface area (Å²) in [4.78, 5) is 13.1. The first kappa shape index (κ1) is 10.7. The highest BCUT2D eigenvalue weighted by Gasteiger charge is 2.22. The van der Waals surface area contributed by atoms with Crippen LogP contribution in [0.1, 0.15) is 27.2 Å². The predicted molar refractivity (Wildman–Crippen MR) is 51.7 cm³/mol. The predicted octanol–water partition coefficient (Wildman–Crippen LogP) is 1.07. The fourth-order valence-corrected chi connectivity index (χ4v) is 1.58. The van der Waals surface area contributed by atoms with Gasteiger partial charge in [0.25, 0.3) is 0 Å². The van der Waals surface area contributed by atoms with Crippen LogP contribution in [0, 0.1) is 0 Å². The topological polar surface area (TPSA) is 29.5 Å². The van der Waals surface area contributed by atoms with Gasteiger partial charge in [-0.05, 0) is 20.8 Å². The molecule has 0 aliphatic carbocycles. The number of rotatable bonds is 3. The Morgan fingerprint density at radius 2 is 2.23 bits per heavy atom. The van der Waals surface area contributed by atoms with Gasteiger partial charge in [0.15, 0.2) is 0 Å². The molecule has 0 aromatic carbocycles. The third-order valence-corrected chi connectivity index (χ3v) is 2.49. The third kappa shape index (κ3) is 3.44. The summed E-state index contributed by atoms with van der Waals surface area (Å²) in [7, 11) is 0. The van der Waals surface area contributed by atoms with Gasteiger partial charge in [0.05, 0.1) is 12.7 Å². The number of carbonyl (C=O) groups is 1. The second-order valence-electron chi connectivity index (χ2n) is 3.94. The lowest BCUT2D eigenvalue weighted by Crippen LogP contribution is -2.47. The molecule has 1 heterocycles. The van der Waals surface area contributed by atoms with Crippen LogP contribution in [0.15, 0.2) is 0 Å². The monoisotopic (exact) mass is 185 g/mol. The Kier molecular flexibility index (Phi) is 3.88. The molecule has 3 nitrogen and oxygen atoms in total. The van der Waals surface area contributed by atoms with Gasteiger partial charge >= 0.3 is 0 Å². The molecule has 0 bridgehead atoms. The second kappa shape index (κ2) is 4.72. The maximum atomic E-state index is 10.8. The molecule has 0 saturated carbocycles. The van der Waals surface area contributed by atoms with Crippen molar-refractivity contribution in [2.45, 2.75) is 39.3 Å². The molecule has 1 fully saturated rings. The van der Waals surface area contributed by atoms with E-state index in [9.17, 15) is 4.79 Å². The highest BCUT2D eigenvalue weighted by atomic mass is 16.5. The summed E-state index contributed by atoms with van der Waals surface area (Å²) in [5, 5.41) is 0. The van der Waals surface area contributed by atoms with E-state index in [0.717, 1.165) is 19.7 Å². The van der Waals surface area contributed by atoms with E-state index >= 15 is 0 Å². The van der Waals surface area contributed by atoms with Crippen molar-refractivity contribution in [1.82, 2.24) is 4.90 Å². The van der Waals surface area contributed by atoms with Crippen LogP contribution in [-0.2, 0) is 9.53 Å². The highest BCUT2D eigenvalue weighted by Crippen LogP contribution is 2.11. The van der Waals surface area contributed by atoms with Crippen molar-refractivity contribution in [2.24, 2.45) is 0 Å². The van der Waals surface area contributed by atoms with Gasteiger partial charge in [0.2, 0.25) is 0 Å². The zero-order chi connectivity index (χ0) is 9.84.